The maximum Gasteiger partial charge on any atom is 0.0733 e. The third-order valence-corrected chi connectivity index (χ3v) is 3.56. The smallest absolute Gasteiger partial charge is 0.0733 e. The normalized spacial score (nSPS) is 21.4. The summed E-state index contributed by atoms with van der Waals surface area (Å²) in [5.74, 6) is 0. The molecule has 1 unspecified atom stereocenters. The van der Waals surface area contributed by atoms with Gasteiger partial charge in [0.1, 0.15) is 0 Å². The van der Waals surface area contributed by atoms with E-state index in [9.17, 15) is 0 Å². The summed E-state index contributed by atoms with van der Waals surface area (Å²) in [5, 5.41) is 3.54. The Morgan fingerprint density at radius 3 is 3.00 bits per heavy atom. The summed E-state index contributed by atoms with van der Waals surface area (Å²) in [5.41, 5.74) is 2.63. The largest absolute Gasteiger partial charge is 0.380 e. The highest BCUT2D eigenvalue weighted by Crippen LogP contribution is 2.22. The molecule has 1 aromatic carbocycles. The molecule has 1 N–H and O–H groups in total. The van der Waals surface area contributed by atoms with E-state index in [1.165, 1.54) is 24.1 Å². The van der Waals surface area contributed by atoms with Gasteiger partial charge in [-0.3, -0.25) is 0 Å². The van der Waals surface area contributed by atoms with Gasteiger partial charge >= 0.3 is 0 Å². The van der Waals surface area contributed by atoms with Crippen molar-refractivity contribution >= 4 is 5.69 Å². The molecule has 18 heavy (non-hydrogen) atoms. The van der Waals surface area contributed by atoms with Gasteiger partial charge in [0.15, 0.2) is 0 Å². The molecule has 1 aliphatic heterocycles. The van der Waals surface area contributed by atoms with Crippen molar-refractivity contribution in [3.8, 4) is 0 Å². The summed E-state index contributed by atoms with van der Waals surface area (Å²) in [7, 11) is 1.76. The minimum absolute atomic E-state index is 0.613. The molecule has 0 saturated carbocycles. The van der Waals surface area contributed by atoms with Crippen molar-refractivity contribution in [3.63, 3.8) is 0 Å². The number of ether oxygens (including phenoxy) is 1. The molecular formula is C15H24N2O. The van der Waals surface area contributed by atoms with Gasteiger partial charge in [0.25, 0.3) is 0 Å². The zero-order chi connectivity index (χ0) is 12.8. The average Bonchev–Trinajstić information content (AvgIpc) is 2.36. The van der Waals surface area contributed by atoms with E-state index in [0.29, 0.717) is 12.6 Å². The molecule has 1 aliphatic rings. The van der Waals surface area contributed by atoms with Gasteiger partial charge in [-0.15, -0.1) is 0 Å². The van der Waals surface area contributed by atoms with E-state index in [-0.39, 0.29) is 0 Å². The quantitative estimate of drug-likeness (QED) is 0.889. The number of para-hydroxylation sites is 1. The molecule has 0 aromatic heterocycles. The molecule has 1 saturated heterocycles. The summed E-state index contributed by atoms with van der Waals surface area (Å²) in [6.45, 7) is 6.32. The number of nitrogens with one attached hydrogen (secondary N) is 1. The number of benzene rings is 1. The van der Waals surface area contributed by atoms with E-state index in [1.54, 1.807) is 7.11 Å². The molecule has 100 valence electrons. The van der Waals surface area contributed by atoms with Crippen molar-refractivity contribution in [3.05, 3.63) is 29.8 Å². The fourth-order valence-corrected chi connectivity index (χ4v) is 2.52. The fraction of sp³-hybridized carbons (Fsp3) is 0.600. The van der Waals surface area contributed by atoms with Crippen LogP contribution in [-0.4, -0.2) is 32.8 Å². The Morgan fingerprint density at radius 2 is 2.17 bits per heavy atom. The summed E-state index contributed by atoms with van der Waals surface area (Å²) >= 11 is 0. The van der Waals surface area contributed by atoms with Crippen LogP contribution in [0.15, 0.2) is 24.3 Å². The number of rotatable bonds is 3. The summed E-state index contributed by atoms with van der Waals surface area (Å²) in [6, 6.07) is 9.20. The first-order valence-corrected chi connectivity index (χ1v) is 6.86. The Morgan fingerprint density at radius 1 is 1.33 bits per heavy atom. The number of nitrogens with zero attached hydrogens (tertiary/aromatic N) is 1. The van der Waals surface area contributed by atoms with Gasteiger partial charge in [-0.05, 0) is 32.4 Å². The highest BCUT2D eigenvalue weighted by Gasteiger charge is 2.14. The van der Waals surface area contributed by atoms with Crippen molar-refractivity contribution < 1.29 is 4.74 Å². The maximum atomic E-state index is 5.30. The van der Waals surface area contributed by atoms with E-state index >= 15 is 0 Å². The monoisotopic (exact) mass is 248 g/mol. The minimum atomic E-state index is 0.613. The number of hydrogen-bond acceptors (Lipinski definition) is 3. The average molecular weight is 248 g/mol. The van der Waals surface area contributed by atoms with Crippen molar-refractivity contribution in [2.45, 2.75) is 32.4 Å². The fourth-order valence-electron chi connectivity index (χ4n) is 2.52. The molecule has 0 aliphatic carbocycles. The van der Waals surface area contributed by atoms with Crippen molar-refractivity contribution in [1.82, 2.24) is 5.32 Å². The third kappa shape index (κ3) is 3.47. The van der Waals surface area contributed by atoms with Crippen LogP contribution in [0.2, 0.25) is 0 Å². The van der Waals surface area contributed by atoms with E-state index in [1.807, 2.05) is 0 Å². The molecule has 1 fully saturated rings. The Kier molecular flexibility index (Phi) is 5.02. The Labute approximate surface area is 110 Å². The van der Waals surface area contributed by atoms with Gasteiger partial charge in [0, 0.05) is 37.5 Å². The van der Waals surface area contributed by atoms with Gasteiger partial charge in [-0.25, -0.2) is 0 Å². The van der Waals surface area contributed by atoms with Crippen molar-refractivity contribution in [2.24, 2.45) is 0 Å². The van der Waals surface area contributed by atoms with Crippen LogP contribution in [0, 0.1) is 0 Å². The molecular weight excluding hydrogens is 224 g/mol. The molecule has 2 rings (SSSR count). The van der Waals surface area contributed by atoms with Gasteiger partial charge in [0.2, 0.25) is 0 Å². The SMILES string of the molecule is COCc1ccccc1N1CCCNC(C)CC1. The lowest BCUT2D eigenvalue weighted by Gasteiger charge is -2.31. The molecule has 0 radical (unpaired) electrons. The summed E-state index contributed by atoms with van der Waals surface area (Å²) in [6.07, 6.45) is 2.40. The highest BCUT2D eigenvalue weighted by atomic mass is 16.5. The first kappa shape index (κ1) is 13.4. The van der Waals surface area contributed by atoms with E-state index in [0.717, 1.165) is 19.6 Å². The Bertz CT molecular complexity index is 367. The molecule has 1 heterocycles. The standard InChI is InChI=1S/C15H24N2O/c1-13-8-11-17(10-5-9-16-13)15-7-4-3-6-14(15)12-18-2/h3-4,6-7,13,16H,5,8-12H2,1-2H3. The second-order valence-electron chi connectivity index (χ2n) is 5.05. The third-order valence-electron chi connectivity index (χ3n) is 3.56. The summed E-state index contributed by atoms with van der Waals surface area (Å²) < 4.78 is 5.30. The van der Waals surface area contributed by atoms with Crippen LogP contribution in [0.25, 0.3) is 0 Å². The molecule has 1 atom stereocenters. The zero-order valence-corrected chi connectivity index (χ0v) is 11.5. The second-order valence-corrected chi connectivity index (χ2v) is 5.05. The Hall–Kier alpha value is -1.06. The van der Waals surface area contributed by atoms with Crippen LogP contribution in [0.1, 0.15) is 25.3 Å². The van der Waals surface area contributed by atoms with Crippen LogP contribution in [0.4, 0.5) is 5.69 Å². The van der Waals surface area contributed by atoms with E-state index in [4.69, 9.17) is 4.74 Å². The maximum absolute atomic E-state index is 5.30. The predicted molar refractivity (Wildman–Crippen MR) is 76.1 cm³/mol. The molecule has 3 nitrogen and oxygen atoms in total. The molecule has 1 aromatic rings. The minimum Gasteiger partial charge on any atom is -0.380 e. The van der Waals surface area contributed by atoms with Crippen LogP contribution in [0.3, 0.4) is 0 Å². The summed E-state index contributed by atoms with van der Waals surface area (Å²) in [4.78, 5) is 2.51. The molecule has 3 heteroatoms. The zero-order valence-electron chi connectivity index (χ0n) is 11.5. The molecule has 0 amide bonds. The van der Waals surface area contributed by atoms with Crippen LogP contribution in [0.5, 0.6) is 0 Å². The first-order chi connectivity index (χ1) is 8.81. The van der Waals surface area contributed by atoms with E-state index < -0.39 is 0 Å². The highest BCUT2D eigenvalue weighted by molar-refractivity contribution is 5.53. The van der Waals surface area contributed by atoms with Crippen LogP contribution < -0.4 is 10.2 Å². The second kappa shape index (κ2) is 6.76. The van der Waals surface area contributed by atoms with Crippen LogP contribution >= 0.6 is 0 Å². The number of methoxy groups -OCH3 is 1. The first-order valence-electron chi connectivity index (χ1n) is 6.86. The Balaban J connectivity index is 2.12. The van der Waals surface area contributed by atoms with Gasteiger partial charge in [-0.1, -0.05) is 18.2 Å². The number of anilines is 1. The van der Waals surface area contributed by atoms with Gasteiger partial charge in [-0.2, -0.15) is 0 Å². The predicted octanol–water partition coefficient (Wildman–Crippen LogP) is 2.41. The van der Waals surface area contributed by atoms with Crippen molar-refractivity contribution in [1.29, 1.82) is 0 Å². The lowest BCUT2D eigenvalue weighted by Crippen LogP contribution is -2.38. The lowest BCUT2D eigenvalue weighted by molar-refractivity contribution is 0.185. The molecule has 0 spiro atoms. The molecule has 0 bridgehead atoms. The van der Waals surface area contributed by atoms with Crippen molar-refractivity contribution in [2.75, 3.05) is 31.6 Å². The van der Waals surface area contributed by atoms with Crippen LogP contribution in [-0.2, 0) is 11.3 Å². The van der Waals surface area contributed by atoms with Gasteiger partial charge < -0.3 is 15.0 Å². The van der Waals surface area contributed by atoms with Gasteiger partial charge in [0.05, 0.1) is 6.61 Å². The van der Waals surface area contributed by atoms with E-state index in [2.05, 4.69) is 41.4 Å². The lowest BCUT2D eigenvalue weighted by atomic mass is 10.1. The number of hydrogen-bond donors (Lipinski definition) is 1. The topological polar surface area (TPSA) is 24.5 Å².